The van der Waals surface area contributed by atoms with E-state index in [0.29, 0.717) is 0 Å². The number of rotatable bonds is 10. The van der Waals surface area contributed by atoms with Gasteiger partial charge in [0.25, 0.3) is 20.2 Å². The molecule has 0 aromatic rings. The van der Waals surface area contributed by atoms with Crippen LogP contribution in [-0.4, -0.2) is 49.7 Å². The SMILES string of the molecule is C#CC[C@H](CCOCC[C@H](CC#C)S(=O)(=O)O)S(=O)(=O)O. The van der Waals surface area contributed by atoms with E-state index in [0.717, 1.165) is 0 Å². The highest BCUT2D eigenvalue weighted by molar-refractivity contribution is 7.86. The van der Waals surface area contributed by atoms with Crippen LogP contribution in [-0.2, 0) is 25.0 Å². The summed E-state index contributed by atoms with van der Waals surface area (Å²) in [6, 6.07) is 0. The quantitative estimate of drug-likeness (QED) is 0.335. The molecule has 0 saturated heterocycles. The first-order chi connectivity index (χ1) is 9.62. The summed E-state index contributed by atoms with van der Waals surface area (Å²) in [5.74, 6) is 4.28. The van der Waals surface area contributed by atoms with Crippen molar-refractivity contribution < 1.29 is 30.7 Å². The Morgan fingerprint density at radius 2 is 1.19 bits per heavy atom. The Kier molecular flexibility index (Phi) is 8.55. The van der Waals surface area contributed by atoms with Crippen LogP contribution in [0.5, 0.6) is 0 Å². The Balaban J connectivity index is 4.22. The van der Waals surface area contributed by atoms with Gasteiger partial charge in [-0.2, -0.15) is 16.8 Å². The van der Waals surface area contributed by atoms with Crippen molar-refractivity contribution in [3.8, 4) is 24.7 Å². The topological polar surface area (TPSA) is 118 Å². The maximum Gasteiger partial charge on any atom is 0.268 e. The molecule has 0 radical (unpaired) electrons. The molecule has 0 unspecified atom stereocenters. The molecule has 0 fully saturated rings. The normalized spacial score (nSPS) is 14.9. The minimum absolute atomic E-state index is 0.0191. The fraction of sp³-hybridized carbons (Fsp3) is 0.667. The van der Waals surface area contributed by atoms with Crippen LogP contribution in [0.1, 0.15) is 25.7 Å². The molecule has 0 amide bonds. The van der Waals surface area contributed by atoms with Crippen molar-refractivity contribution in [3.05, 3.63) is 0 Å². The zero-order valence-corrected chi connectivity index (χ0v) is 12.9. The van der Waals surface area contributed by atoms with Crippen LogP contribution in [0.15, 0.2) is 0 Å². The number of ether oxygens (including phenoxy) is 1. The molecule has 0 heterocycles. The highest BCUT2D eigenvalue weighted by Gasteiger charge is 2.23. The predicted octanol–water partition coefficient (Wildman–Crippen LogP) is 0.343. The van der Waals surface area contributed by atoms with E-state index in [4.69, 9.17) is 26.7 Å². The number of hydrogen-bond donors (Lipinski definition) is 2. The summed E-state index contributed by atoms with van der Waals surface area (Å²) in [4.78, 5) is 0. The van der Waals surface area contributed by atoms with Crippen molar-refractivity contribution in [2.24, 2.45) is 0 Å². The van der Waals surface area contributed by atoms with Gasteiger partial charge in [-0.05, 0) is 12.8 Å². The van der Waals surface area contributed by atoms with E-state index < -0.39 is 30.7 Å². The van der Waals surface area contributed by atoms with E-state index >= 15 is 0 Å². The van der Waals surface area contributed by atoms with Gasteiger partial charge in [0.05, 0.1) is 10.5 Å². The molecule has 0 aliphatic carbocycles. The molecule has 0 rings (SSSR count). The average molecular weight is 338 g/mol. The van der Waals surface area contributed by atoms with Gasteiger partial charge in [-0.1, -0.05) is 0 Å². The van der Waals surface area contributed by atoms with Crippen molar-refractivity contribution in [2.45, 2.75) is 36.2 Å². The first kappa shape index (κ1) is 19.9. The summed E-state index contributed by atoms with van der Waals surface area (Å²) in [5, 5.41) is -2.24. The van der Waals surface area contributed by atoms with Gasteiger partial charge in [0, 0.05) is 26.1 Å². The lowest BCUT2D eigenvalue weighted by Crippen LogP contribution is -2.24. The van der Waals surface area contributed by atoms with Gasteiger partial charge < -0.3 is 4.74 Å². The lowest BCUT2D eigenvalue weighted by Gasteiger charge is -2.13. The van der Waals surface area contributed by atoms with Crippen LogP contribution in [0.4, 0.5) is 0 Å². The first-order valence-corrected chi connectivity index (χ1v) is 9.00. The molecule has 9 heteroatoms. The summed E-state index contributed by atoms with van der Waals surface area (Å²) in [6.45, 7) is -0.0548. The maximum atomic E-state index is 11.0. The second-order valence-electron chi connectivity index (χ2n) is 4.28. The third kappa shape index (κ3) is 8.71. The van der Waals surface area contributed by atoms with Gasteiger partial charge in [-0.3, -0.25) is 9.11 Å². The van der Waals surface area contributed by atoms with Gasteiger partial charge in [0.1, 0.15) is 0 Å². The molecule has 0 saturated carbocycles. The molecule has 0 bridgehead atoms. The van der Waals surface area contributed by atoms with Crippen LogP contribution in [0.2, 0.25) is 0 Å². The van der Waals surface area contributed by atoms with E-state index in [9.17, 15) is 16.8 Å². The summed E-state index contributed by atoms with van der Waals surface area (Å²) in [5.41, 5.74) is 0. The largest absolute Gasteiger partial charge is 0.381 e. The van der Waals surface area contributed by atoms with E-state index in [2.05, 4.69) is 11.8 Å². The minimum atomic E-state index is -4.25. The Morgan fingerprint density at radius 1 is 0.857 bits per heavy atom. The molecule has 0 aromatic carbocycles. The molecular formula is C12H18O7S2. The smallest absolute Gasteiger partial charge is 0.268 e. The van der Waals surface area contributed by atoms with Gasteiger partial charge >= 0.3 is 0 Å². The van der Waals surface area contributed by atoms with Crippen LogP contribution in [0.25, 0.3) is 0 Å². The summed E-state index contributed by atoms with van der Waals surface area (Å²) >= 11 is 0. The highest BCUT2D eigenvalue weighted by atomic mass is 32.2. The summed E-state index contributed by atoms with van der Waals surface area (Å²) < 4.78 is 66.8. The van der Waals surface area contributed by atoms with Gasteiger partial charge in [-0.15, -0.1) is 24.7 Å². The van der Waals surface area contributed by atoms with Crippen molar-refractivity contribution in [3.63, 3.8) is 0 Å². The Labute approximate surface area is 125 Å². The first-order valence-electron chi connectivity index (χ1n) is 6.00. The lowest BCUT2D eigenvalue weighted by atomic mass is 10.2. The second-order valence-corrected chi connectivity index (χ2v) is 7.67. The fourth-order valence-electron chi connectivity index (χ4n) is 1.51. The minimum Gasteiger partial charge on any atom is -0.381 e. The average Bonchev–Trinajstić information content (AvgIpc) is 2.33. The molecule has 2 atom stereocenters. The van der Waals surface area contributed by atoms with Crippen LogP contribution >= 0.6 is 0 Å². The molecule has 21 heavy (non-hydrogen) atoms. The molecule has 0 spiro atoms. The third-order valence-electron chi connectivity index (χ3n) is 2.70. The third-order valence-corrected chi connectivity index (χ3v) is 5.19. The highest BCUT2D eigenvalue weighted by Crippen LogP contribution is 2.11. The van der Waals surface area contributed by atoms with E-state index in [1.807, 2.05) is 0 Å². The Hall–Kier alpha value is -1.10. The summed E-state index contributed by atoms with van der Waals surface area (Å²) in [7, 11) is -8.49. The van der Waals surface area contributed by atoms with Crippen LogP contribution < -0.4 is 0 Å². The zero-order chi connectivity index (χ0) is 16.5. The Morgan fingerprint density at radius 3 is 1.43 bits per heavy atom. The van der Waals surface area contributed by atoms with Gasteiger partial charge in [-0.25, -0.2) is 0 Å². The molecular weight excluding hydrogens is 320 g/mol. The van der Waals surface area contributed by atoms with E-state index in [1.54, 1.807) is 0 Å². The van der Waals surface area contributed by atoms with E-state index in [1.165, 1.54) is 0 Å². The van der Waals surface area contributed by atoms with Crippen molar-refractivity contribution in [2.75, 3.05) is 13.2 Å². The molecule has 0 aliphatic rings. The zero-order valence-electron chi connectivity index (χ0n) is 11.3. The number of terminal acetylenes is 2. The maximum absolute atomic E-state index is 11.0. The van der Waals surface area contributed by atoms with Gasteiger partial charge in [0.2, 0.25) is 0 Å². The molecule has 120 valence electrons. The van der Waals surface area contributed by atoms with Crippen LogP contribution in [0.3, 0.4) is 0 Å². The predicted molar refractivity (Wildman–Crippen MR) is 77.6 cm³/mol. The second kappa shape index (κ2) is 9.03. The van der Waals surface area contributed by atoms with E-state index in [-0.39, 0.29) is 38.9 Å². The van der Waals surface area contributed by atoms with Crippen molar-refractivity contribution in [1.29, 1.82) is 0 Å². The summed E-state index contributed by atoms with van der Waals surface area (Å²) in [6.07, 6.45) is 9.67. The Bertz CT molecular complexity index is 538. The standard InChI is InChI=1S/C12H18O7S2/c1-3-5-11(20(13,14)15)7-9-19-10-8-12(6-4-2)21(16,17)18/h1-2,11-12H,5-10H2,(H,13,14,15)(H,16,17,18)/t11-,12+. The van der Waals surface area contributed by atoms with Gasteiger partial charge in [0.15, 0.2) is 0 Å². The van der Waals surface area contributed by atoms with Crippen LogP contribution in [0, 0.1) is 24.7 Å². The fourth-order valence-corrected chi connectivity index (χ4v) is 2.91. The molecule has 0 aromatic heterocycles. The lowest BCUT2D eigenvalue weighted by molar-refractivity contribution is 0.127. The number of hydrogen-bond acceptors (Lipinski definition) is 5. The van der Waals surface area contributed by atoms with Crippen molar-refractivity contribution >= 4 is 20.2 Å². The molecule has 2 N–H and O–H groups in total. The van der Waals surface area contributed by atoms with Crippen molar-refractivity contribution in [1.82, 2.24) is 0 Å². The molecule has 0 aliphatic heterocycles. The molecule has 7 nitrogen and oxygen atoms in total. The monoisotopic (exact) mass is 338 g/mol.